The normalized spacial score (nSPS) is 10.9. The highest BCUT2D eigenvalue weighted by atomic mass is 35.5. The topological polar surface area (TPSA) is 64.1 Å². The van der Waals surface area contributed by atoms with E-state index in [4.69, 9.17) is 16.3 Å². The van der Waals surface area contributed by atoms with Crippen molar-refractivity contribution in [3.63, 3.8) is 0 Å². The lowest BCUT2D eigenvalue weighted by Gasteiger charge is -2.01. The van der Waals surface area contributed by atoms with E-state index in [1.54, 1.807) is 7.11 Å². The zero-order valence-electron chi connectivity index (χ0n) is 14.9. The first-order valence-electron chi connectivity index (χ1n) is 8.58. The zero-order valence-corrected chi connectivity index (χ0v) is 17.3. The number of amides is 1. The predicted octanol–water partition coefficient (Wildman–Crippen LogP) is 5.45. The van der Waals surface area contributed by atoms with Crippen LogP contribution in [-0.4, -0.2) is 23.2 Å². The second-order valence-electron chi connectivity index (χ2n) is 6.04. The van der Waals surface area contributed by atoms with Crippen molar-refractivity contribution in [2.45, 2.75) is 12.8 Å². The number of aromatic nitrogens is 2. The van der Waals surface area contributed by atoms with Gasteiger partial charge in [0.25, 0.3) is 5.91 Å². The van der Waals surface area contributed by atoms with Gasteiger partial charge in [-0.15, -0.1) is 21.5 Å². The lowest BCUT2D eigenvalue weighted by atomic mass is 10.1. The molecule has 0 fully saturated rings. The standard InChI is InChI=1S/C20H16ClN3O2S2/c1-26-13-9-6-12(7-10-13)8-11-16-23-24-20(28-16)22-19(25)18-17(21)14-4-2-3-5-15(14)27-18/h2-7,9-10H,8,11H2,1H3,(H,22,24,25). The van der Waals surface area contributed by atoms with Crippen molar-refractivity contribution in [1.29, 1.82) is 0 Å². The summed E-state index contributed by atoms with van der Waals surface area (Å²) in [5.74, 6) is 0.577. The number of methoxy groups -OCH3 is 1. The van der Waals surface area contributed by atoms with Crippen molar-refractivity contribution in [3.05, 3.63) is 69.0 Å². The van der Waals surface area contributed by atoms with Crippen molar-refractivity contribution >= 4 is 55.4 Å². The number of benzene rings is 2. The van der Waals surface area contributed by atoms with Crippen LogP contribution in [0.4, 0.5) is 5.13 Å². The minimum absolute atomic E-state index is 0.260. The number of ether oxygens (including phenoxy) is 1. The molecule has 0 radical (unpaired) electrons. The van der Waals surface area contributed by atoms with Crippen LogP contribution in [0.25, 0.3) is 10.1 Å². The van der Waals surface area contributed by atoms with E-state index in [0.29, 0.717) is 15.0 Å². The first-order valence-corrected chi connectivity index (χ1v) is 10.6. The molecule has 142 valence electrons. The summed E-state index contributed by atoms with van der Waals surface area (Å²) in [6.45, 7) is 0. The molecule has 2 aromatic heterocycles. The van der Waals surface area contributed by atoms with E-state index in [1.165, 1.54) is 28.2 Å². The molecule has 0 aliphatic carbocycles. The molecular weight excluding hydrogens is 414 g/mol. The van der Waals surface area contributed by atoms with Gasteiger partial charge >= 0.3 is 0 Å². The largest absolute Gasteiger partial charge is 0.497 e. The fraction of sp³-hybridized carbons (Fsp3) is 0.150. The van der Waals surface area contributed by atoms with Crippen molar-refractivity contribution in [2.24, 2.45) is 0 Å². The number of rotatable bonds is 6. The second kappa shape index (κ2) is 8.26. The summed E-state index contributed by atoms with van der Waals surface area (Å²) in [4.78, 5) is 13.1. The Balaban J connectivity index is 1.41. The zero-order chi connectivity index (χ0) is 19.5. The highest BCUT2D eigenvalue weighted by Crippen LogP contribution is 2.35. The number of anilines is 1. The van der Waals surface area contributed by atoms with Crippen LogP contribution in [0, 0.1) is 0 Å². The highest BCUT2D eigenvalue weighted by Gasteiger charge is 2.18. The first-order chi connectivity index (χ1) is 13.6. The van der Waals surface area contributed by atoms with E-state index >= 15 is 0 Å². The third-order valence-electron chi connectivity index (χ3n) is 4.22. The number of carbonyl (C=O) groups is 1. The molecule has 4 rings (SSSR count). The third-order valence-corrected chi connectivity index (χ3v) is 6.79. The van der Waals surface area contributed by atoms with Gasteiger partial charge in [-0.3, -0.25) is 10.1 Å². The van der Waals surface area contributed by atoms with Crippen LogP contribution in [-0.2, 0) is 12.8 Å². The summed E-state index contributed by atoms with van der Waals surface area (Å²) in [5.41, 5.74) is 1.19. The third kappa shape index (κ3) is 4.01. The van der Waals surface area contributed by atoms with E-state index in [0.717, 1.165) is 33.7 Å². The van der Waals surface area contributed by atoms with Gasteiger partial charge < -0.3 is 4.74 Å². The van der Waals surface area contributed by atoms with Gasteiger partial charge in [0.05, 0.1) is 12.1 Å². The maximum atomic E-state index is 12.6. The van der Waals surface area contributed by atoms with Gasteiger partial charge in [0.2, 0.25) is 5.13 Å². The van der Waals surface area contributed by atoms with Crippen LogP contribution >= 0.6 is 34.3 Å². The van der Waals surface area contributed by atoms with Gasteiger partial charge in [-0.1, -0.05) is 53.3 Å². The number of carbonyl (C=O) groups excluding carboxylic acids is 1. The van der Waals surface area contributed by atoms with Crippen LogP contribution in [0.2, 0.25) is 5.02 Å². The Bertz CT molecular complexity index is 1120. The highest BCUT2D eigenvalue weighted by molar-refractivity contribution is 7.22. The first kappa shape index (κ1) is 18.9. The number of nitrogens with one attached hydrogen (secondary N) is 1. The minimum Gasteiger partial charge on any atom is -0.497 e. The van der Waals surface area contributed by atoms with Crippen LogP contribution in [0.1, 0.15) is 20.2 Å². The molecule has 1 amide bonds. The number of thiophene rings is 1. The summed E-state index contributed by atoms with van der Waals surface area (Å²) in [6, 6.07) is 15.6. The smallest absolute Gasteiger partial charge is 0.269 e. The number of hydrogen-bond donors (Lipinski definition) is 1. The van der Waals surface area contributed by atoms with E-state index in [9.17, 15) is 4.79 Å². The Morgan fingerprint density at radius 2 is 1.86 bits per heavy atom. The molecule has 0 aliphatic rings. The summed E-state index contributed by atoms with van der Waals surface area (Å²) in [7, 11) is 1.65. The molecular formula is C20H16ClN3O2S2. The summed E-state index contributed by atoms with van der Waals surface area (Å²) >= 11 is 9.12. The molecule has 2 heterocycles. The lowest BCUT2D eigenvalue weighted by molar-refractivity contribution is 0.103. The number of aryl methyl sites for hydroxylation is 2. The predicted molar refractivity (Wildman–Crippen MR) is 115 cm³/mol. The summed E-state index contributed by atoms with van der Waals surface area (Å²) in [5, 5.41) is 13.8. The molecule has 0 saturated carbocycles. The van der Waals surface area contributed by atoms with Crippen LogP contribution in [0.5, 0.6) is 5.75 Å². The maximum Gasteiger partial charge on any atom is 0.269 e. The molecule has 8 heteroatoms. The average Bonchev–Trinajstić information content (AvgIpc) is 3.31. The van der Waals surface area contributed by atoms with E-state index in [-0.39, 0.29) is 5.91 Å². The second-order valence-corrected chi connectivity index (χ2v) is 8.54. The van der Waals surface area contributed by atoms with E-state index < -0.39 is 0 Å². The van der Waals surface area contributed by atoms with Gasteiger partial charge in [0.1, 0.15) is 15.6 Å². The number of fused-ring (bicyclic) bond motifs is 1. The van der Waals surface area contributed by atoms with Crippen molar-refractivity contribution in [1.82, 2.24) is 10.2 Å². The van der Waals surface area contributed by atoms with Gasteiger partial charge in [0, 0.05) is 16.5 Å². The SMILES string of the molecule is COc1ccc(CCc2nnc(NC(=O)c3sc4ccccc4c3Cl)s2)cc1. The van der Waals surface area contributed by atoms with Crippen LogP contribution < -0.4 is 10.1 Å². The van der Waals surface area contributed by atoms with Gasteiger partial charge in [-0.2, -0.15) is 0 Å². The Labute approximate surface area is 175 Å². The molecule has 1 N–H and O–H groups in total. The van der Waals surface area contributed by atoms with Crippen molar-refractivity contribution in [2.75, 3.05) is 12.4 Å². The summed E-state index contributed by atoms with van der Waals surface area (Å²) < 4.78 is 6.15. The van der Waals surface area contributed by atoms with Gasteiger partial charge in [-0.25, -0.2) is 0 Å². The molecule has 4 aromatic rings. The molecule has 5 nitrogen and oxygen atoms in total. The fourth-order valence-corrected chi connectivity index (χ4v) is 4.91. The molecule has 0 bridgehead atoms. The minimum atomic E-state index is -0.260. The number of halogens is 1. The Hall–Kier alpha value is -2.48. The van der Waals surface area contributed by atoms with Crippen LogP contribution in [0.3, 0.4) is 0 Å². The molecule has 2 aromatic carbocycles. The van der Waals surface area contributed by atoms with E-state index in [2.05, 4.69) is 15.5 Å². The van der Waals surface area contributed by atoms with Crippen LogP contribution in [0.15, 0.2) is 48.5 Å². The Morgan fingerprint density at radius 3 is 2.61 bits per heavy atom. The molecule has 0 unspecified atom stereocenters. The molecule has 28 heavy (non-hydrogen) atoms. The van der Waals surface area contributed by atoms with Crippen molar-refractivity contribution < 1.29 is 9.53 Å². The Morgan fingerprint density at radius 1 is 1.07 bits per heavy atom. The number of nitrogens with zero attached hydrogens (tertiary/aromatic N) is 2. The lowest BCUT2D eigenvalue weighted by Crippen LogP contribution is -2.10. The van der Waals surface area contributed by atoms with Gasteiger partial charge in [0.15, 0.2) is 0 Å². The molecule has 0 aliphatic heterocycles. The van der Waals surface area contributed by atoms with E-state index in [1.807, 2.05) is 48.5 Å². The monoisotopic (exact) mass is 429 g/mol. The van der Waals surface area contributed by atoms with Crippen molar-refractivity contribution in [3.8, 4) is 5.75 Å². The fourth-order valence-electron chi connectivity index (χ4n) is 2.76. The molecule has 0 spiro atoms. The molecule has 0 atom stereocenters. The average molecular weight is 430 g/mol. The number of hydrogen-bond acceptors (Lipinski definition) is 6. The summed E-state index contributed by atoms with van der Waals surface area (Å²) in [6.07, 6.45) is 1.60. The van der Waals surface area contributed by atoms with Gasteiger partial charge in [-0.05, 0) is 30.2 Å². The maximum absolute atomic E-state index is 12.6. The quantitative estimate of drug-likeness (QED) is 0.442. The molecule has 0 saturated heterocycles. The Kier molecular flexibility index (Phi) is 5.57.